The summed E-state index contributed by atoms with van der Waals surface area (Å²) in [5, 5.41) is 23.2. The van der Waals surface area contributed by atoms with E-state index in [1.165, 1.54) is 18.2 Å². The molecule has 0 unspecified atom stereocenters. The van der Waals surface area contributed by atoms with Gasteiger partial charge in [0.2, 0.25) is 0 Å². The van der Waals surface area contributed by atoms with Gasteiger partial charge in [-0.3, -0.25) is 0 Å². The molecule has 0 aromatic heterocycles. The van der Waals surface area contributed by atoms with Crippen LogP contribution in [-0.4, -0.2) is 49.2 Å². The van der Waals surface area contributed by atoms with Crippen molar-refractivity contribution >= 4 is 27.5 Å². The van der Waals surface area contributed by atoms with Gasteiger partial charge in [0.15, 0.2) is 5.75 Å². The van der Waals surface area contributed by atoms with Crippen LogP contribution >= 0.6 is 0 Å². The summed E-state index contributed by atoms with van der Waals surface area (Å²) in [6.07, 6.45) is 1.36. The third-order valence-electron chi connectivity index (χ3n) is 2.49. The van der Waals surface area contributed by atoms with Crippen molar-refractivity contribution in [3.8, 4) is 5.75 Å². The molecule has 1 aromatic rings. The maximum atomic E-state index is 11.5. The van der Waals surface area contributed by atoms with Gasteiger partial charge in [-0.05, 0) is 18.6 Å². The molecule has 0 heterocycles. The number of para-hydroxylation sites is 1. The van der Waals surface area contributed by atoms with Crippen LogP contribution in [0, 0.1) is 0 Å². The standard InChI is InChI=1S/C12H16N2O6S/c1-21(19,20)7-3-6-13-12(18)14-9-5-2-4-8(10(9)15)11(16)17/h2,4-5,15H,3,6-7H2,1H3,(H,16,17)(H2,13,14,18). The molecule has 4 N–H and O–H groups in total. The zero-order valence-electron chi connectivity index (χ0n) is 11.3. The number of hydrogen-bond acceptors (Lipinski definition) is 5. The van der Waals surface area contributed by atoms with Gasteiger partial charge in [0.25, 0.3) is 0 Å². The molecule has 0 spiro atoms. The van der Waals surface area contributed by atoms with Gasteiger partial charge >= 0.3 is 12.0 Å². The first kappa shape index (κ1) is 16.8. The van der Waals surface area contributed by atoms with Gasteiger partial charge in [0.1, 0.15) is 15.4 Å². The van der Waals surface area contributed by atoms with Gasteiger partial charge in [0, 0.05) is 12.8 Å². The topological polar surface area (TPSA) is 133 Å². The van der Waals surface area contributed by atoms with Crippen LogP contribution in [0.2, 0.25) is 0 Å². The van der Waals surface area contributed by atoms with Crippen LogP contribution in [0.5, 0.6) is 5.75 Å². The molecule has 0 aliphatic heterocycles. The number of sulfone groups is 1. The molecule has 1 rings (SSSR count). The van der Waals surface area contributed by atoms with E-state index in [4.69, 9.17) is 5.11 Å². The van der Waals surface area contributed by atoms with Crippen LogP contribution in [0.15, 0.2) is 18.2 Å². The molecule has 0 aliphatic rings. The van der Waals surface area contributed by atoms with Crippen molar-refractivity contribution in [3.63, 3.8) is 0 Å². The number of anilines is 1. The van der Waals surface area contributed by atoms with Crippen molar-refractivity contribution < 1.29 is 28.2 Å². The maximum Gasteiger partial charge on any atom is 0.339 e. The van der Waals surface area contributed by atoms with Crippen molar-refractivity contribution in [2.24, 2.45) is 0 Å². The van der Waals surface area contributed by atoms with Crippen LogP contribution in [-0.2, 0) is 9.84 Å². The minimum atomic E-state index is -3.08. The first-order valence-corrected chi connectivity index (χ1v) is 8.04. The third kappa shape index (κ3) is 5.69. The fraction of sp³-hybridized carbons (Fsp3) is 0.333. The third-order valence-corrected chi connectivity index (χ3v) is 3.52. The second-order valence-corrected chi connectivity index (χ2v) is 6.63. The number of benzene rings is 1. The molecule has 0 fully saturated rings. The first-order chi connectivity index (χ1) is 9.70. The van der Waals surface area contributed by atoms with Gasteiger partial charge in [-0.2, -0.15) is 0 Å². The van der Waals surface area contributed by atoms with E-state index >= 15 is 0 Å². The molecule has 21 heavy (non-hydrogen) atoms. The van der Waals surface area contributed by atoms with Crippen LogP contribution < -0.4 is 10.6 Å². The number of aromatic hydroxyl groups is 1. The number of amides is 2. The molecule has 8 nitrogen and oxygen atoms in total. The van der Waals surface area contributed by atoms with E-state index in [-0.39, 0.29) is 30.0 Å². The van der Waals surface area contributed by atoms with E-state index in [2.05, 4.69) is 10.6 Å². The summed E-state index contributed by atoms with van der Waals surface area (Å²) in [5.41, 5.74) is -0.375. The summed E-state index contributed by atoms with van der Waals surface area (Å²) in [5.74, 6) is -1.91. The highest BCUT2D eigenvalue weighted by Gasteiger charge is 2.14. The Labute approximate surface area is 121 Å². The number of phenols is 1. The Balaban J connectivity index is 2.56. The number of carboxylic acids is 1. The molecule has 0 bridgehead atoms. The van der Waals surface area contributed by atoms with E-state index in [0.29, 0.717) is 0 Å². The van der Waals surface area contributed by atoms with E-state index < -0.39 is 27.6 Å². The highest BCUT2D eigenvalue weighted by Crippen LogP contribution is 2.27. The molecule has 2 amide bonds. The Kier molecular flexibility index (Phi) is 5.53. The molecule has 0 saturated carbocycles. The number of nitrogens with one attached hydrogen (secondary N) is 2. The van der Waals surface area contributed by atoms with Crippen molar-refractivity contribution in [1.29, 1.82) is 0 Å². The molecule has 1 aromatic carbocycles. The Morgan fingerprint density at radius 2 is 1.95 bits per heavy atom. The molecule has 116 valence electrons. The van der Waals surface area contributed by atoms with Crippen LogP contribution in [0.3, 0.4) is 0 Å². The number of carbonyl (C=O) groups is 2. The monoisotopic (exact) mass is 316 g/mol. The number of aromatic carboxylic acids is 1. The number of carbonyl (C=O) groups excluding carboxylic acids is 1. The lowest BCUT2D eigenvalue weighted by molar-refractivity contribution is 0.0693. The quantitative estimate of drug-likeness (QED) is 0.450. The average Bonchev–Trinajstić information content (AvgIpc) is 2.36. The minimum absolute atomic E-state index is 0.0458. The highest BCUT2D eigenvalue weighted by molar-refractivity contribution is 7.90. The summed E-state index contributed by atoms with van der Waals surface area (Å²) in [7, 11) is -3.08. The van der Waals surface area contributed by atoms with Crippen molar-refractivity contribution in [3.05, 3.63) is 23.8 Å². The van der Waals surface area contributed by atoms with Crippen LogP contribution in [0.4, 0.5) is 10.5 Å². The van der Waals surface area contributed by atoms with Crippen LogP contribution in [0.1, 0.15) is 16.8 Å². The minimum Gasteiger partial charge on any atom is -0.505 e. The van der Waals surface area contributed by atoms with Gasteiger partial charge in [-0.1, -0.05) is 6.07 Å². The molecule has 0 saturated heterocycles. The Morgan fingerprint density at radius 3 is 2.52 bits per heavy atom. The van der Waals surface area contributed by atoms with Crippen molar-refractivity contribution in [1.82, 2.24) is 5.32 Å². The second kappa shape index (κ2) is 6.93. The van der Waals surface area contributed by atoms with Crippen LogP contribution in [0.25, 0.3) is 0 Å². The lowest BCUT2D eigenvalue weighted by atomic mass is 10.2. The summed E-state index contributed by atoms with van der Waals surface area (Å²) in [6.45, 7) is 0.137. The summed E-state index contributed by atoms with van der Waals surface area (Å²) < 4.78 is 21.8. The molecule has 0 atom stereocenters. The summed E-state index contributed by atoms with van der Waals surface area (Å²) >= 11 is 0. The zero-order chi connectivity index (χ0) is 16.0. The fourth-order valence-electron chi connectivity index (χ4n) is 1.52. The molecule has 9 heteroatoms. The number of rotatable bonds is 6. The molecule has 0 aliphatic carbocycles. The Bertz CT molecular complexity index is 641. The predicted molar refractivity (Wildman–Crippen MR) is 76.4 cm³/mol. The number of hydrogen-bond donors (Lipinski definition) is 4. The fourth-order valence-corrected chi connectivity index (χ4v) is 2.19. The SMILES string of the molecule is CS(=O)(=O)CCCNC(=O)Nc1cccc(C(=O)O)c1O. The second-order valence-electron chi connectivity index (χ2n) is 4.37. The molecular weight excluding hydrogens is 300 g/mol. The Hall–Kier alpha value is -2.29. The maximum absolute atomic E-state index is 11.5. The van der Waals surface area contributed by atoms with Gasteiger partial charge in [0.05, 0.1) is 11.4 Å². The van der Waals surface area contributed by atoms with Gasteiger partial charge in [-0.15, -0.1) is 0 Å². The Morgan fingerprint density at radius 1 is 1.29 bits per heavy atom. The average molecular weight is 316 g/mol. The number of carboxylic acid groups (broad SMARTS) is 1. The normalized spacial score (nSPS) is 10.9. The smallest absolute Gasteiger partial charge is 0.339 e. The zero-order valence-corrected chi connectivity index (χ0v) is 12.1. The summed E-state index contributed by atoms with van der Waals surface area (Å²) in [4.78, 5) is 22.4. The highest BCUT2D eigenvalue weighted by atomic mass is 32.2. The number of urea groups is 1. The first-order valence-electron chi connectivity index (χ1n) is 5.98. The molecular formula is C12H16N2O6S. The van der Waals surface area contributed by atoms with E-state index in [1.807, 2.05) is 0 Å². The predicted octanol–water partition coefficient (Wildman–Crippen LogP) is 0.647. The lowest BCUT2D eigenvalue weighted by Gasteiger charge is -2.10. The largest absolute Gasteiger partial charge is 0.505 e. The molecule has 0 radical (unpaired) electrons. The van der Waals surface area contributed by atoms with E-state index in [9.17, 15) is 23.1 Å². The van der Waals surface area contributed by atoms with E-state index in [0.717, 1.165) is 6.26 Å². The lowest BCUT2D eigenvalue weighted by Crippen LogP contribution is -2.30. The van der Waals surface area contributed by atoms with Gasteiger partial charge < -0.3 is 20.8 Å². The van der Waals surface area contributed by atoms with Crippen molar-refractivity contribution in [2.45, 2.75) is 6.42 Å². The van der Waals surface area contributed by atoms with Crippen molar-refractivity contribution in [2.75, 3.05) is 23.9 Å². The van der Waals surface area contributed by atoms with E-state index in [1.54, 1.807) is 0 Å². The van der Waals surface area contributed by atoms with Gasteiger partial charge in [-0.25, -0.2) is 18.0 Å². The summed E-state index contributed by atoms with van der Waals surface area (Å²) in [6, 6.07) is 3.26.